The molecule has 1 aromatic rings. The van der Waals surface area contributed by atoms with E-state index in [1.807, 2.05) is 10.8 Å². The number of nitrogens with one attached hydrogen (secondary N) is 1. The lowest BCUT2D eigenvalue weighted by molar-refractivity contribution is 0.0570. The zero-order valence-corrected chi connectivity index (χ0v) is 13.2. The molecule has 1 aromatic carbocycles. The number of rotatable bonds is 3. The van der Waals surface area contributed by atoms with Gasteiger partial charge >= 0.3 is 6.09 Å². The summed E-state index contributed by atoms with van der Waals surface area (Å²) in [5, 5.41) is 0. The molecule has 0 bridgehead atoms. The Morgan fingerprint density at radius 3 is 2.48 bits per heavy atom. The largest absolute Gasteiger partial charge is 0.443 e. The molecule has 21 heavy (non-hydrogen) atoms. The second kappa shape index (κ2) is 5.22. The summed E-state index contributed by atoms with van der Waals surface area (Å²) in [4.78, 5) is 11.6. The molecule has 0 atom stereocenters. The fourth-order valence-electron chi connectivity index (χ4n) is 1.92. The van der Waals surface area contributed by atoms with Gasteiger partial charge in [0.1, 0.15) is 10.5 Å². The van der Waals surface area contributed by atoms with Gasteiger partial charge in [-0.2, -0.15) is 0 Å². The smallest absolute Gasteiger partial charge is 0.421 e. The average Bonchev–Trinajstić information content (AvgIpc) is 3.09. The van der Waals surface area contributed by atoms with E-state index in [0.29, 0.717) is 5.92 Å². The first-order chi connectivity index (χ1) is 9.58. The van der Waals surface area contributed by atoms with Crippen LogP contribution in [0.25, 0.3) is 0 Å². The molecule has 1 aliphatic rings. The van der Waals surface area contributed by atoms with Crippen LogP contribution in [0.3, 0.4) is 0 Å². The molecule has 1 fully saturated rings. The van der Waals surface area contributed by atoms with E-state index in [1.54, 1.807) is 26.8 Å². The van der Waals surface area contributed by atoms with Gasteiger partial charge in [0.25, 0.3) is 10.0 Å². The van der Waals surface area contributed by atoms with Crippen molar-refractivity contribution < 1.29 is 17.9 Å². The number of anilines is 1. The van der Waals surface area contributed by atoms with Crippen LogP contribution >= 0.6 is 0 Å². The minimum Gasteiger partial charge on any atom is -0.443 e. The van der Waals surface area contributed by atoms with Crippen molar-refractivity contribution in [3.63, 3.8) is 0 Å². The molecule has 7 heteroatoms. The second-order valence-electron chi connectivity index (χ2n) is 6.18. The van der Waals surface area contributed by atoms with Gasteiger partial charge in [0.05, 0.1) is 5.69 Å². The molecule has 0 aliphatic heterocycles. The van der Waals surface area contributed by atoms with Crippen LogP contribution in [0.5, 0.6) is 0 Å². The van der Waals surface area contributed by atoms with Crippen LogP contribution in [-0.2, 0) is 14.8 Å². The summed E-state index contributed by atoms with van der Waals surface area (Å²) in [5.74, 6) is 0.390. The molecule has 1 amide bonds. The molecule has 0 unspecified atom stereocenters. The third kappa shape index (κ3) is 4.10. The van der Waals surface area contributed by atoms with Gasteiger partial charge in [0, 0.05) is 0 Å². The fourth-order valence-corrected chi connectivity index (χ4v) is 2.96. The number of carbonyl (C=O) groups is 1. The number of carbonyl (C=O) groups excluding carboxylic acids is 1. The predicted molar refractivity (Wildman–Crippen MR) is 79.4 cm³/mol. The summed E-state index contributed by atoms with van der Waals surface area (Å²) in [5.41, 5.74) is 5.98. The van der Waals surface area contributed by atoms with E-state index in [2.05, 4.69) is 0 Å². The monoisotopic (exact) mass is 312 g/mol. The van der Waals surface area contributed by atoms with Gasteiger partial charge in [-0.25, -0.2) is 17.9 Å². The zero-order chi connectivity index (χ0) is 15.8. The number of nitrogen functional groups attached to an aromatic ring is 1. The van der Waals surface area contributed by atoms with Crippen LogP contribution in [0.1, 0.15) is 45.1 Å². The van der Waals surface area contributed by atoms with Crippen LogP contribution in [0.2, 0.25) is 0 Å². The van der Waals surface area contributed by atoms with Crippen LogP contribution in [0.4, 0.5) is 10.5 Å². The number of hydrogen-bond donors (Lipinski definition) is 2. The molecule has 116 valence electrons. The Balaban J connectivity index is 2.23. The Morgan fingerprint density at radius 2 is 1.95 bits per heavy atom. The van der Waals surface area contributed by atoms with Crippen LogP contribution < -0.4 is 10.5 Å². The van der Waals surface area contributed by atoms with Crippen LogP contribution in [0.15, 0.2) is 23.1 Å². The van der Waals surface area contributed by atoms with Crippen molar-refractivity contribution in [2.45, 2.75) is 50.0 Å². The van der Waals surface area contributed by atoms with E-state index in [-0.39, 0.29) is 10.6 Å². The van der Waals surface area contributed by atoms with Gasteiger partial charge in [-0.3, -0.25) is 0 Å². The molecule has 1 aliphatic carbocycles. The van der Waals surface area contributed by atoms with Gasteiger partial charge in [-0.05, 0) is 57.2 Å². The topological polar surface area (TPSA) is 98.5 Å². The molecule has 0 spiro atoms. The van der Waals surface area contributed by atoms with Gasteiger partial charge in [0.2, 0.25) is 0 Å². The Kier molecular flexibility index (Phi) is 3.88. The molecule has 6 nitrogen and oxygen atoms in total. The maximum absolute atomic E-state index is 12.3. The standard InChI is InChI=1S/C14H20N2O4S/c1-14(2,3)20-13(17)16-21(18,19)12-8-10(9-4-5-9)6-7-11(12)15/h6-9H,4-5,15H2,1-3H3,(H,16,17). The lowest BCUT2D eigenvalue weighted by Gasteiger charge is -2.20. The van der Waals surface area contributed by atoms with E-state index < -0.39 is 21.7 Å². The number of ether oxygens (including phenoxy) is 1. The lowest BCUT2D eigenvalue weighted by Crippen LogP contribution is -2.36. The first-order valence-corrected chi connectivity index (χ1v) is 8.22. The van der Waals surface area contributed by atoms with Crippen LogP contribution in [0, 0.1) is 0 Å². The molecular formula is C14H20N2O4S. The quantitative estimate of drug-likeness (QED) is 0.835. The fraction of sp³-hybridized carbons (Fsp3) is 0.500. The molecular weight excluding hydrogens is 292 g/mol. The van der Waals surface area contributed by atoms with Gasteiger partial charge in [-0.15, -0.1) is 0 Å². The highest BCUT2D eigenvalue weighted by Crippen LogP contribution is 2.41. The van der Waals surface area contributed by atoms with Gasteiger partial charge in [0.15, 0.2) is 0 Å². The van der Waals surface area contributed by atoms with E-state index in [4.69, 9.17) is 10.5 Å². The Labute approximate surface area is 124 Å². The highest BCUT2D eigenvalue weighted by atomic mass is 32.2. The Bertz CT molecular complexity index is 658. The molecule has 2 rings (SSSR count). The number of amides is 1. The molecule has 0 saturated heterocycles. The Morgan fingerprint density at radius 1 is 1.33 bits per heavy atom. The molecule has 0 aromatic heterocycles. The van der Waals surface area contributed by atoms with Crippen molar-refractivity contribution >= 4 is 21.8 Å². The van der Waals surface area contributed by atoms with Crippen molar-refractivity contribution in [3.05, 3.63) is 23.8 Å². The highest BCUT2D eigenvalue weighted by molar-refractivity contribution is 7.90. The average molecular weight is 312 g/mol. The Hall–Kier alpha value is -1.76. The summed E-state index contributed by atoms with van der Waals surface area (Å²) >= 11 is 0. The number of hydrogen-bond acceptors (Lipinski definition) is 5. The normalized spacial score (nSPS) is 15.6. The summed E-state index contributed by atoms with van der Waals surface area (Å²) < 4.78 is 31.3. The third-order valence-corrected chi connectivity index (χ3v) is 4.36. The third-order valence-electron chi connectivity index (χ3n) is 2.99. The number of sulfonamides is 1. The zero-order valence-electron chi connectivity index (χ0n) is 12.3. The maximum Gasteiger partial charge on any atom is 0.421 e. The molecule has 1 saturated carbocycles. The summed E-state index contributed by atoms with van der Waals surface area (Å²) in [7, 11) is -4.04. The minimum atomic E-state index is -4.04. The van der Waals surface area contributed by atoms with E-state index in [9.17, 15) is 13.2 Å². The highest BCUT2D eigenvalue weighted by Gasteiger charge is 2.28. The number of benzene rings is 1. The first-order valence-electron chi connectivity index (χ1n) is 6.74. The first kappa shape index (κ1) is 15.6. The van der Waals surface area contributed by atoms with Crippen molar-refractivity contribution in [1.82, 2.24) is 4.72 Å². The van der Waals surface area contributed by atoms with Gasteiger partial charge < -0.3 is 10.5 Å². The lowest BCUT2D eigenvalue weighted by atomic mass is 10.1. The van der Waals surface area contributed by atoms with Crippen molar-refractivity contribution in [3.8, 4) is 0 Å². The molecule has 0 heterocycles. The van der Waals surface area contributed by atoms with E-state index in [0.717, 1.165) is 18.4 Å². The molecule has 0 radical (unpaired) electrons. The summed E-state index contributed by atoms with van der Waals surface area (Å²) in [6, 6.07) is 4.90. The predicted octanol–water partition coefficient (Wildman–Crippen LogP) is 2.36. The van der Waals surface area contributed by atoms with Crippen LogP contribution in [-0.4, -0.2) is 20.1 Å². The number of nitrogens with two attached hydrogens (primary N) is 1. The van der Waals surface area contributed by atoms with Crippen molar-refractivity contribution in [2.24, 2.45) is 0 Å². The summed E-state index contributed by atoms with van der Waals surface area (Å²) in [6.45, 7) is 4.96. The van der Waals surface area contributed by atoms with E-state index in [1.165, 1.54) is 6.07 Å². The van der Waals surface area contributed by atoms with Gasteiger partial charge in [-0.1, -0.05) is 6.07 Å². The summed E-state index contributed by atoms with van der Waals surface area (Å²) in [6.07, 6.45) is 1.07. The second-order valence-corrected chi connectivity index (χ2v) is 7.83. The SMILES string of the molecule is CC(C)(C)OC(=O)NS(=O)(=O)c1cc(C2CC2)ccc1N. The minimum absolute atomic E-state index is 0.0854. The van der Waals surface area contributed by atoms with E-state index >= 15 is 0 Å². The molecule has 3 N–H and O–H groups in total. The van der Waals surface area contributed by atoms with Crippen molar-refractivity contribution in [1.29, 1.82) is 0 Å². The van der Waals surface area contributed by atoms with Crippen molar-refractivity contribution in [2.75, 3.05) is 5.73 Å². The maximum atomic E-state index is 12.3.